The van der Waals surface area contributed by atoms with E-state index in [1.54, 1.807) is 0 Å². The fourth-order valence-corrected chi connectivity index (χ4v) is 2.40. The Morgan fingerprint density at radius 2 is 2.17 bits per heavy atom. The number of esters is 1. The summed E-state index contributed by atoms with van der Waals surface area (Å²) in [7, 11) is 1.42. The molecule has 1 fully saturated rings. The van der Waals surface area contributed by atoms with E-state index in [9.17, 15) is 4.79 Å². The Balaban J connectivity index is 2.14. The van der Waals surface area contributed by atoms with Gasteiger partial charge < -0.3 is 10.1 Å². The van der Waals surface area contributed by atoms with Gasteiger partial charge in [-0.25, -0.2) is 4.79 Å². The number of carbonyl (C=O) groups excluding carboxylic acids is 1. The topological polar surface area (TPSA) is 38.3 Å². The molecule has 1 saturated carbocycles. The summed E-state index contributed by atoms with van der Waals surface area (Å²) in [5, 5.41) is 3.28. The molecule has 0 radical (unpaired) electrons. The van der Waals surface area contributed by atoms with E-state index in [1.165, 1.54) is 20.0 Å². The first-order valence-corrected chi connectivity index (χ1v) is 7.46. The van der Waals surface area contributed by atoms with E-state index in [4.69, 9.17) is 4.74 Å². The molecule has 5 heteroatoms. The van der Waals surface area contributed by atoms with Crippen LogP contribution in [0.2, 0.25) is 0 Å². The van der Waals surface area contributed by atoms with Gasteiger partial charge in [-0.05, 0) is 74.9 Å². The minimum atomic E-state index is -0.389. The van der Waals surface area contributed by atoms with Gasteiger partial charge in [-0.15, -0.1) is 0 Å². The molecule has 1 atom stereocenters. The van der Waals surface area contributed by atoms with E-state index in [2.05, 4.69) is 37.2 Å². The molecular weight excluding hydrogens is 362 g/mol. The highest BCUT2D eigenvalue weighted by atomic mass is 79.9. The molecule has 18 heavy (non-hydrogen) atoms. The van der Waals surface area contributed by atoms with Crippen molar-refractivity contribution in [3.05, 3.63) is 32.7 Å². The van der Waals surface area contributed by atoms with Crippen LogP contribution in [0.5, 0.6) is 0 Å². The smallest absolute Gasteiger partial charge is 0.327 e. The van der Waals surface area contributed by atoms with Crippen molar-refractivity contribution in [3.8, 4) is 0 Å². The quantitative estimate of drug-likeness (QED) is 0.800. The lowest BCUT2D eigenvalue weighted by Gasteiger charge is -2.17. The van der Waals surface area contributed by atoms with Gasteiger partial charge in [0.05, 0.1) is 7.11 Å². The predicted molar refractivity (Wildman–Crippen MR) is 77.3 cm³/mol. The number of hydrogen-bond donors (Lipinski definition) is 1. The highest BCUT2D eigenvalue weighted by Crippen LogP contribution is 2.30. The highest BCUT2D eigenvalue weighted by Gasteiger charge is 2.26. The van der Waals surface area contributed by atoms with Crippen molar-refractivity contribution in [1.82, 2.24) is 5.32 Å². The Bertz CT molecular complexity index is 447. The summed E-state index contributed by atoms with van der Waals surface area (Å²) in [5.41, 5.74) is 0.914. The van der Waals surface area contributed by atoms with E-state index in [-0.39, 0.29) is 12.0 Å². The molecule has 0 bridgehead atoms. The first-order chi connectivity index (χ1) is 8.61. The molecule has 0 heterocycles. The first-order valence-electron chi connectivity index (χ1n) is 5.88. The van der Waals surface area contributed by atoms with Crippen molar-refractivity contribution in [1.29, 1.82) is 0 Å². The minimum Gasteiger partial charge on any atom is -0.468 e. The van der Waals surface area contributed by atoms with E-state index < -0.39 is 0 Å². The Morgan fingerprint density at radius 3 is 2.72 bits per heavy atom. The van der Waals surface area contributed by atoms with Crippen molar-refractivity contribution in [2.24, 2.45) is 5.92 Å². The largest absolute Gasteiger partial charge is 0.468 e. The molecule has 1 N–H and O–H groups in total. The zero-order valence-corrected chi connectivity index (χ0v) is 13.3. The monoisotopic (exact) mass is 375 g/mol. The summed E-state index contributed by atoms with van der Waals surface area (Å²) in [5.74, 6) is 0.473. The van der Waals surface area contributed by atoms with Gasteiger partial charge in [-0.1, -0.05) is 6.07 Å². The summed E-state index contributed by atoms with van der Waals surface area (Å²) in [4.78, 5) is 11.8. The van der Waals surface area contributed by atoms with Crippen molar-refractivity contribution < 1.29 is 9.53 Å². The van der Waals surface area contributed by atoms with Crippen molar-refractivity contribution in [3.63, 3.8) is 0 Å². The highest BCUT2D eigenvalue weighted by molar-refractivity contribution is 9.13. The van der Waals surface area contributed by atoms with Crippen LogP contribution in [0.25, 0.3) is 0 Å². The molecular formula is C13H15Br2NO2. The van der Waals surface area contributed by atoms with Gasteiger partial charge in [0.25, 0.3) is 0 Å². The number of rotatable bonds is 5. The average Bonchev–Trinajstić information content (AvgIpc) is 3.17. The molecule has 3 nitrogen and oxygen atoms in total. The van der Waals surface area contributed by atoms with E-state index in [0.29, 0.717) is 0 Å². The molecule has 1 aromatic rings. The van der Waals surface area contributed by atoms with Gasteiger partial charge in [0.15, 0.2) is 0 Å². The van der Waals surface area contributed by atoms with Gasteiger partial charge in [0, 0.05) is 8.95 Å². The van der Waals surface area contributed by atoms with Crippen LogP contribution in [-0.2, 0) is 9.53 Å². The number of nitrogens with one attached hydrogen (secondary N) is 1. The fraction of sp³-hybridized carbons (Fsp3) is 0.462. The number of benzene rings is 1. The zero-order valence-electron chi connectivity index (χ0n) is 10.1. The zero-order chi connectivity index (χ0) is 13.1. The number of halogens is 2. The second-order valence-corrected chi connectivity index (χ2v) is 6.19. The van der Waals surface area contributed by atoms with Crippen LogP contribution in [-0.4, -0.2) is 19.6 Å². The van der Waals surface area contributed by atoms with Crippen LogP contribution in [0, 0.1) is 5.92 Å². The Hall–Kier alpha value is -0.390. The van der Waals surface area contributed by atoms with Crippen LogP contribution < -0.4 is 5.32 Å². The fourth-order valence-electron chi connectivity index (χ4n) is 1.75. The normalized spacial score (nSPS) is 16.4. The van der Waals surface area contributed by atoms with Crippen LogP contribution >= 0.6 is 31.9 Å². The number of hydrogen-bond acceptors (Lipinski definition) is 3. The van der Waals surface area contributed by atoms with Gasteiger partial charge in [0.1, 0.15) is 6.04 Å². The van der Waals surface area contributed by atoms with E-state index >= 15 is 0 Å². The molecule has 1 aliphatic carbocycles. The Labute approximate surface area is 124 Å². The number of methoxy groups -OCH3 is 1. The van der Waals surface area contributed by atoms with Crippen LogP contribution in [0.3, 0.4) is 0 Å². The molecule has 0 saturated heterocycles. The SMILES string of the molecule is COC(=O)C(NCC1CC1)c1ccc(Br)c(Br)c1. The molecule has 1 aliphatic rings. The maximum atomic E-state index is 11.8. The third-order valence-corrected chi connectivity index (χ3v) is 4.90. The minimum absolute atomic E-state index is 0.245. The van der Waals surface area contributed by atoms with Crippen molar-refractivity contribution >= 4 is 37.8 Å². The van der Waals surface area contributed by atoms with E-state index in [0.717, 1.165) is 27.0 Å². The predicted octanol–water partition coefficient (Wildman–Crippen LogP) is 3.43. The summed E-state index contributed by atoms with van der Waals surface area (Å²) in [6.45, 7) is 0.869. The lowest BCUT2D eigenvalue weighted by atomic mass is 10.1. The molecule has 1 unspecified atom stereocenters. The van der Waals surface area contributed by atoms with Gasteiger partial charge in [0.2, 0.25) is 0 Å². The molecule has 0 amide bonds. The van der Waals surface area contributed by atoms with E-state index in [1.807, 2.05) is 18.2 Å². The van der Waals surface area contributed by atoms with Crippen molar-refractivity contribution in [2.45, 2.75) is 18.9 Å². The van der Waals surface area contributed by atoms with Crippen molar-refractivity contribution in [2.75, 3.05) is 13.7 Å². The third kappa shape index (κ3) is 3.56. The number of carbonyl (C=O) groups is 1. The second-order valence-electron chi connectivity index (χ2n) is 4.48. The second kappa shape index (κ2) is 6.17. The molecule has 2 rings (SSSR count). The standard InChI is InChI=1S/C13H15Br2NO2/c1-18-13(17)12(16-7-8-2-3-8)9-4-5-10(14)11(15)6-9/h4-6,8,12,16H,2-3,7H2,1H3. The number of ether oxygens (including phenoxy) is 1. The molecule has 98 valence electrons. The van der Waals surface area contributed by atoms with Crippen LogP contribution in [0.4, 0.5) is 0 Å². The maximum absolute atomic E-state index is 11.8. The maximum Gasteiger partial charge on any atom is 0.327 e. The lowest BCUT2D eigenvalue weighted by molar-refractivity contribution is -0.143. The molecule has 0 aromatic heterocycles. The summed E-state index contributed by atoms with van der Waals surface area (Å²) < 4.78 is 6.76. The van der Waals surface area contributed by atoms with Gasteiger partial charge >= 0.3 is 5.97 Å². The first kappa shape index (κ1) is 14.0. The van der Waals surface area contributed by atoms with Gasteiger partial charge in [-0.2, -0.15) is 0 Å². The summed E-state index contributed by atoms with van der Waals surface area (Å²) >= 11 is 6.87. The molecule has 0 aliphatic heterocycles. The third-order valence-electron chi connectivity index (χ3n) is 3.02. The summed E-state index contributed by atoms with van der Waals surface area (Å²) in [6, 6.07) is 5.40. The Morgan fingerprint density at radius 1 is 1.44 bits per heavy atom. The Kier molecular flexibility index (Phi) is 4.81. The molecule has 1 aromatic carbocycles. The summed E-state index contributed by atoms with van der Waals surface area (Å²) in [6.07, 6.45) is 2.51. The lowest BCUT2D eigenvalue weighted by Crippen LogP contribution is -2.31. The van der Waals surface area contributed by atoms with Crippen LogP contribution in [0.15, 0.2) is 27.1 Å². The average molecular weight is 377 g/mol. The van der Waals surface area contributed by atoms with Crippen LogP contribution in [0.1, 0.15) is 24.4 Å². The van der Waals surface area contributed by atoms with Gasteiger partial charge in [-0.3, -0.25) is 0 Å². The molecule has 0 spiro atoms.